The number of aryl methyl sites for hydroxylation is 1. The largest absolute Gasteiger partial charge is 0.371 e. The van der Waals surface area contributed by atoms with E-state index < -0.39 is 0 Å². The van der Waals surface area contributed by atoms with Gasteiger partial charge in [-0.05, 0) is 43.9 Å². The van der Waals surface area contributed by atoms with Crippen molar-refractivity contribution in [1.82, 2.24) is 4.98 Å². The molecule has 0 amide bonds. The quantitative estimate of drug-likeness (QED) is 0.752. The molecule has 1 aromatic carbocycles. The third kappa shape index (κ3) is 1.89. The summed E-state index contributed by atoms with van der Waals surface area (Å²) in [5, 5.41) is 1.28. The Kier molecular flexibility index (Phi) is 2.71. The van der Waals surface area contributed by atoms with E-state index in [4.69, 9.17) is 0 Å². The molecule has 1 saturated heterocycles. The van der Waals surface area contributed by atoms with Gasteiger partial charge in [0.05, 0.1) is 5.52 Å². The number of pyridine rings is 1. The topological polar surface area (TPSA) is 16.1 Å². The molecule has 2 aromatic rings. The van der Waals surface area contributed by atoms with Gasteiger partial charge in [-0.2, -0.15) is 0 Å². The van der Waals surface area contributed by atoms with Crippen LogP contribution in [-0.2, 0) is 0 Å². The first-order valence-electron chi connectivity index (χ1n) is 5.98. The van der Waals surface area contributed by atoms with Gasteiger partial charge in [-0.25, -0.2) is 0 Å². The maximum Gasteiger partial charge on any atom is 0.0717 e. The molecule has 0 unspecified atom stereocenters. The smallest absolute Gasteiger partial charge is 0.0717 e. The van der Waals surface area contributed by atoms with E-state index in [1.165, 1.54) is 35.5 Å². The van der Waals surface area contributed by atoms with Gasteiger partial charge in [0.1, 0.15) is 0 Å². The van der Waals surface area contributed by atoms with Gasteiger partial charge >= 0.3 is 0 Å². The molecule has 3 heteroatoms. The molecule has 0 spiro atoms. The molecule has 0 N–H and O–H groups in total. The number of thioether (sulfide) groups is 1. The number of fused-ring (bicyclic) bond motifs is 1. The summed E-state index contributed by atoms with van der Waals surface area (Å²) in [6.07, 6.45) is 3.45. The monoisotopic (exact) mass is 244 g/mol. The van der Waals surface area contributed by atoms with E-state index in [1.54, 1.807) is 11.8 Å². The minimum atomic E-state index is 1.10. The van der Waals surface area contributed by atoms with Crippen molar-refractivity contribution in [3.8, 4) is 0 Å². The van der Waals surface area contributed by atoms with Crippen LogP contribution in [0.15, 0.2) is 29.2 Å². The van der Waals surface area contributed by atoms with E-state index in [2.05, 4.69) is 47.3 Å². The first-order chi connectivity index (χ1) is 8.28. The lowest BCUT2D eigenvalue weighted by Crippen LogP contribution is -2.36. The third-order valence-electron chi connectivity index (χ3n) is 3.32. The lowest BCUT2D eigenvalue weighted by Gasteiger charge is -2.33. The standard InChI is InChI=1S/C14H16N2S/c1-10-8-14(17-2)12-9-11(16-6-3-7-16)4-5-13(12)15-10/h4-5,8-9H,3,6-7H2,1-2H3. The summed E-state index contributed by atoms with van der Waals surface area (Å²) in [6, 6.07) is 8.80. The molecule has 1 aliphatic rings. The average molecular weight is 244 g/mol. The van der Waals surface area contributed by atoms with Crippen molar-refractivity contribution in [3.05, 3.63) is 30.0 Å². The molecule has 0 aliphatic carbocycles. The van der Waals surface area contributed by atoms with Gasteiger partial charge in [-0.15, -0.1) is 11.8 Å². The number of rotatable bonds is 2. The fourth-order valence-electron chi connectivity index (χ4n) is 2.25. The zero-order valence-corrected chi connectivity index (χ0v) is 11.0. The van der Waals surface area contributed by atoms with E-state index in [0.717, 1.165) is 11.2 Å². The lowest BCUT2D eigenvalue weighted by molar-refractivity contribution is 0.618. The van der Waals surface area contributed by atoms with E-state index >= 15 is 0 Å². The Morgan fingerprint density at radius 3 is 2.71 bits per heavy atom. The van der Waals surface area contributed by atoms with Gasteiger partial charge in [0, 0.05) is 34.8 Å². The second kappa shape index (κ2) is 4.22. The summed E-state index contributed by atoms with van der Waals surface area (Å²) in [5.41, 5.74) is 3.54. The molecule has 0 bridgehead atoms. The van der Waals surface area contributed by atoms with Crippen molar-refractivity contribution in [3.63, 3.8) is 0 Å². The molecule has 1 aliphatic heterocycles. The highest BCUT2D eigenvalue weighted by atomic mass is 32.2. The Morgan fingerprint density at radius 2 is 2.06 bits per heavy atom. The average Bonchev–Trinajstić information content (AvgIpc) is 2.26. The molecule has 2 heterocycles. The van der Waals surface area contributed by atoms with Gasteiger partial charge < -0.3 is 4.90 Å². The van der Waals surface area contributed by atoms with Gasteiger partial charge in [-0.3, -0.25) is 4.98 Å². The first kappa shape index (κ1) is 10.9. The predicted molar refractivity (Wildman–Crippen MR) is 75.1 cm³/mol. The normalized spacial score (nSPS) is 15.1. The molecule has 3 rings (SSSR count). The highest BCUT2D eigenvalue weighted by Crippen LogP contribution is 2.31. The molecule has 0 saturated carbocycles. The highest BCUT2D eigenvalue weighted by Gasteiger charge is 2.15. The Labute approximate surface area is 106 Å². The Balaban J connectivity index is 2.16. The van der Waals surface area contributed by atoms with Gasteiger partial charge in [0.15, 0.2) is 0 Å². The summed E-state index contributed by atoms with van der Waals surface area (Å²) >= 11 is 1.80. The van der Waals surface area contributed by atoms with Crippen LogP contribution in [0.2, 0.25) is 0 Å². The first-order valence-corrected chi connectivity index (χ1v) is 7.21. The minimum Gasteiger partial charge on any atom is -0.371 e. The summed E-state index contributed by atoms with van der Waals surface area (Å²) < 4.78 is 0. The molecule has 0 atom stereocenters. The third-order valence-corrected chi connectivity index (χ3v) is 4.10. The van der Waals surface area contributed by atoms with Crippen molar-refractivity contribution >= 4 is 28.4 Å². The van der Waals surface area contributed by atoms with Crippen molar-refractivity contribution in [2.24, 2.45) is 0 Å². The zero-order valence-electron chi connectivity index (χ0n) is 10.2. The fourth-order valence-corrected chi connectivity index (χ4v) is 2.92. The van der Waals surface area contributed by atoms with Crippen LogP contribution in [0.3, 0.4) is 0 Å². The summed E-state index contributed by atoms with van der Waals surface area (Å²) in [5.74, 6) is 0. The van der Waals surface area contributed by atoms with Crippen molar-refractivity contribution in [2.75, 3.05) is 24.2 Å². The second-order valence-electron chi connectivity index (χ2n) is 4.51. The van der Waals surface area contributed by atoms with Crippen molar-refractivity contribution < 1.29 is 0 Å². The molecule has 0 radical (unpaired) electrons. The number of aromatic nitrogens is 1. The highest BCUT2D eigenvalue weighted by molar-refractivity contribution is 7.98. The van der Waals surface area contributed by atoms with E-state index in [-0.39, 0.29) is 0 Å². The SMILES string of the molecule is CSc1cc(C)nc2ccc(N3CCC3)cc12. The van der Waals surface area contributed by atoms with Crippen molar-refractivity contribution in [1.29, 1.82) is 0 Å². The second-order valence-corrected chi connectivity index (χ2v) is 5.36. The van der Waals surface area contributed by atoms with E-state index in [0.29, 0.717) is 0 Å². The van der Waals surface area contributed by atoms with Crippen LogP contribution in [-0.4, -0.2) is 24.3 Å². The Morgan fingerprint density at radius 1 is 1.24 bits per heavy atom. The fraction of sp³-hybridized carbons (Fsp3) is 0.357. The summed E-state index contributed by atoms with van der Waals surface area (Å²) in [4.78, 5) is 8.35. The molecule has 88 valence electrons. The van der Waals surface area contributed by atoms with Crippen LogP contribution in [0, 0.1) is 6.92 Å². The van der Waals surface area contributed by atoms with Crippen LogP contribution in [0.25, 0.3) is 10.9 Å². The molecule has 1 fully saturated rings. The van der Waals surface area contributed by atoms with Crippen LogP contribution >= 0.6 is 11.8 Å². The van der Waals surface area contributed by atoms with Crippen molar-refractivity contribution in [2.45, 2.75) is 18.2 Å². The minimum absolute atomic E-state index is 1.10. The molecule has 2 nitrogen and oxygen atoms in total. The van der Waals surface area contributed by atoms with Crippen LogP contribution < -0.4 is 4.90 Å². The van der Waals surface area contributed by atoms with Gasteiger partial charge in [0.2, 0.25) is 0 Å². The predicted octanol–water partition coefficient (Wildman–Crippen LogP) is 3.48. The van der Waals surface area contributed by atoms with E-state index in [9.17, 15) is 0 Å². The molecular weight excluding hydrogens is 228 g/mol. The number of hydrogen-bond donors (Lipinski definition) is 0. The maximum atomic E-state index is 4.60. The Bertz CT molecular complexity index is 561. The molecule has 1 aromatic heterocycles. The number of benzene rings is 1. The number of hydrogen-bond acceptors (Lipinski definition) is 3. The van der Waals surface area contributed by atoms with Gasteiger partial charge in [-0.1, -0.05) is 0 Å². The summed E-state index contributed by atoms with van der Waals surface area (Å²) in [7, 11) is 0. The lowest BCUT2D eigenvalue weighted by atomic mass is 10.1. The number of anilines is 1. The Hall–Kier alpha value is -1.22. The van der Waals surface area contributed by atoms with Gasteiger partial charge in [0.25, 0.3) is 0 Å². The maximum absolute atomic E-state index is 4.60. The van der Waals surface area contributed by atoms with Crippen LogP contribution in [0.4, 0.5) is 5.69 Å². The van der Waals surface area contributed by atoms with Crippen LogP contribution in [0.1, 0.15) is 12.1 Å². The number of nitrogens with zero attached hydrogens (tertiary/aromatic N) is 2. The molecule has 17 heavy (non-hydrogen) atoms. The summed E-state index contributed by atoms with van der Waals surface area (Å²) in [6.45, 7) is 4.45. The zero-order chi connectivity index (χ0) is 11.8. The van der Waals surface area contributed by atoms with E-state index in [1.807, 2.05) is 0 Å². The van der Waals surface area contributed by atoms with Crippen LogP contribution in [0.5, 0.6) is 0 Å². The molecular formula is C14H16N2S.